The van der Waals surface area contributed by atoms with Crippen LogP contribution in [0.5, 0.6) is 11.5 Å². The summed E-state index contributed by atoms with van der Waals surface area (Å²) >= 11 is 0. The molecule has 124 valence electrons. The number of ether oxygens (including phenoxy) is 2. The van der Waals surface area contributed by atoms with Crippen molar-refractivity contribution in [3.05, 3.63) is 23.8 Å². The van der Waals surface area contributed by atoms with Crippen molar-refractivity contribution in [2.24, 2.45) is 5.92 Å². The Balaban J connectivity index is 0.00000242. The van der Waals surface area contributed by atoms with E-state index in [-0.39, 0.29) is 24.2 Å². The number of hydrogen-bond donors (Lipinski definition) is 3. The van der Waals surface area contributed by atoms with Crippen LogP contribution in [0.1, 0.15) is 17.3 Å². The lowest BCUT2D eigenvalue weighted by atomic mass is 10.1. The molecule has 0 radical (unpaired) electrons. The van der Waals surface area contributed by atoms with E-state index in [2.05, 4.69) is 10.6 Å². The zero-order chi connectivity index (χ0) is 15.2. The van der Waals surface area contributed by atoms with Crippen LogP contribution in [0.2, 0.25) is 0 Å². The fourth-order valence-corrected chi connectivity index (χ4v) is 2.34. The quantitative estimate of drug-likeness (QED) is 0.720. The van der Waals surface area contributed by atoms with Gasteiger partial charge in [-0.05, 0) is 25.1 Å². The minimum atomic E-state index is -0.403. The Morgan fingerprint density at radius 3 is 2.77 bits per heavy atom. The topological polar surface area (TPSA) is 79.8 Å². The van der Waals surface area contributed by atoms with E-state index in [0.717, 1.165) is 0 Å². The molecule has 1 aromatic carbocycles. The highest BCUT2D eigenvalue weighted by Gasteiger charge is 2.25. The molecule has 0 bridgehead atoms. The summed E-state index contributed by atoms with van der Waals surface area (Å²) in [5.41, 5.74) is 0.510. The summed E-state index contributed by atoms with van der Waals surface area (Å²) in [5.74, 6) is 1.02. The average molecular weight is 331 g/mol. The largest absolute Gasteiger partial charge is 0.493 e. The lowest BCUT2D eigenvalue weighted by molar-refractivity contribution is 0.0926. The van der Waals surface area contributed by atoms with Crippen LogP contribution >= 0.6 is 12.4 Å². The van der Waals surface area contributed by atoms with Crippen LogP contribution in [-0.2, 0) is 0 Å². The summed E-state index contributed by atoms with van der Waals surface area (Å²) in [6.45, 7) is 4.17. The van der Waals surface area contributed by atoms with E-state index in [4.69, 9.17) is 9.47 Å². The molecule has 1 aliphatic heterocycles. The Morgan fingerprint density at radius 2 is 2.18 bits per heavy atom. The van der Waals surface area contributed by atoms with Gasteiger partial charge in [0.05, 0.1) is 19.8 Å². The number of halogens is 1. The summed E-state index contributed by atoms with van der Waals surface area (Å²) in [6.07, 6.45) is -0.403. The van der Waals surface area contributed by atoms with Crippen molar-refractivity contribution in [2.75, 3.05) is 33.4 Å². The third kappa shape index (κ3) is 4.50. The van der Waals surface area contributed by atoms with Crippen molar-refractivity contribution < 1.29 is 19.4 Å². The number of rotatable bonds is 6. The Bertz CT molecular complexity index is 498. The first-order valence-corrected chi connectivity index (χ1v) is 7.13. The van der Waals surface area contributed by atoms with Crippen LogP contribution in [0.4, 0.5) is 0 Å². The van der Waals surface area contributed by atoms with E-state index in [1.54, 1.807) is 25.3 Å². The number of amides is 1. The monoisotopic (exact) mass is 330 g/mol. The highest BCUT2D eigenvalue weighted by Crippen LogP contribution is 2.28. The summed E-state index contributed by atoms with van der Waals surface area (Å²) in [7, 11) is 1.54. The van der Waals surface area contributed by atoms with Gasteiger partial charge in [-0.25, -0.2) is 0 Å². The maximum absolute atomic E-state index is 12.1. The first-order valence-electron chi connectivity index (χ1n) is 7.13. The van der Waals surface area contributed by atoms with Gasteiger partial charge in [0, 0.05) is 31.1 Å². The zero-order valence-corrected chi connectivity index (χ0v) is 13.6. The van der Waals surface area contributed by atoms with E-state index in [9.17, 15) is 9.90 Å². The number of hydrogen-bond acceptors (Lipinski definition) is 5. The number of β-amino-alcohol motifs (C(OH)–C–C–N with tert-alkyl or cyclic N) is 1. The molecule has 1 fully saturated rings. The van der Waals surface area contributed by atoms with Crippen LogP contribution in [0.3, 0.4) is 0 Å². The Kier molecular flexibility index (Phi) is 7.44. The smallest absolute Gasteiger partial charge is 0.251 e. The van der Waals surface area contributed by atoms with Gasteiger partial charge in [0.1, 0.15) is 0 Å². The maximum atomic E-state index is 12.1. The standard InChI is InChI=1S/C15H22N2O4.ClH/c1-3-21-13-5-4-10(6-14(13)20-2)15(19)17-8-11-7-16-9-12(11)18;/h4-6,11-12,16,18H,3,7-9H2,1-2H3,(H,17,19);1H. The molecule has 1 aromatic rings. The van der Waals surface area contributed by atoms with Crippen LogP contribution < -0.4 is 20.1 Å². The molecule has 0 spiro atoms. The molecular formula is C15H23ClN2O4. The predicted molar refractivity (Wildman–Crippen MR) is 86.1 cm³/mol. The number of carbonyl (C=O) groups excluding carboxylic acids is 1. The summed E-state index contributed by atoms with van der Waals surface area (Å²) in [4.78, 5) is 12.1. The lowest BCUT2D eigenvalue weighted by Crippen LogP contribution is -2.34. The molecule has 0 saturated carbocycles. The second-order valence-corrected chi connectivity index (χ2v) is 4.99. The van der Waals surface area contributed by atoms with Gasteiger partial charge in [-0.15, -0.1) is 12.4 Å². The third-order valence-electron chi connectivity index (χ3n) is 3.55. The molecule has 1 saturated heterocycles. The van der Waals surface area contributed by atoms with E-state index in [1.165, 1.54) is 0 Å². The molecule has 2 rings (SSSR count). The van der Waals surface area contributed by atoms with Crippen molar-refractivity contribution in [2.45, 2.75) is 13.0 Å². The maximum Gasteiger partial charge on any atom is 0.251 e. The van der Waals surface area contributed by atoms with Crippen LogP contribution in [0.25, 0.3) is 0 Å². The Hall–Kier alpha value is -1.50. The average Bonchev–Trinajstić information content (AvgIpc) is 2.90. The number of aliphatic hydroxyl groups is 1. The van der Waals surface area contributed by atoms with Gasteiger partial charge in [-0.1, -0.05) is 0 Å². The summed E-state index contributed by atoms with van der Waals surface area (Å²) < 4.78 is 10.6. The highest BCUT2D eigenvalue weighted by molar-refractivity contribution is 5.94. The Morgan fingerprint density at radius 1 is 1.41 bits per heavy atom. The molecule has 1 amide bonds. The first-order chi connectivity index (χ1) is 10.2. The number of benzene rings is 1. The molecule has 0 aromatic heterocycles. The van der Waals surface area contributed by atoms with Crippen molar-refractivity contribution in [3.63, 3.8) is 0 Å². The van der Waals surface area contributed by atoms with Crippen LogP contribution in [-0.4, -0.2) is 50.5 Å². The lowest BCUT2D eigenvalue weighted by Gasteiger charge is -2.15. The second-order valence-electron chi connectivity index (χ2n) is 4.99. The normalized spacial score (nSPS) is 20.1. The van der Waals surface area contributed by atoms with Gasteiger partial charge >= 0.3 is 0 Å². The minimum Gasteiger partial charge on any atom is -0.493 e. The van der Waals surface area contributed by atoms with E-state index >= 15 is 0 Å². The van der Waals surface area contributed by atoms with Gasteiger partial charge in [-0.2, -0.15) is 0 Å². The van der Waals surface area contributed by atoms with Crippen LogP contribution in [0, 0.1) is 5.92 Å². The minimum absolute atomic E-state index is 0. The second kappa shape index (κ2) is 8.82. The first kappa shape index (κ1) is 18.5. The molecule has 2 unspecified atom stereocenters. The molecule has 2 atom stereocenters. The van der Waals surface area contributed by atoms with Crippen molar-refractivity contribution in [1.29, 1.82) is 0 Å². The SMILES string of the molecule is CCOc1ccc(C(=O)NCC2CNCC2O)cc1OC.Cl. The molecular weight excluding hydrogens is 308 g/mol. The molecule has 6 nitrogen and oxygen atoms in total. The summed E-state index contributed by atoms with van der Waals surface area (Å²) in [6, 6.07) is 5.08. The van der Waals surface area contributed by atoms with Crippen LogP contribution in [0.15, 0.2) is 18.2 Å². The van der Waals surface area contributed by atoms with Gasteiger partial charge in [0.2, 0.25) is 0 Å². The van der Waals surface area contributed by atoms with Crippen molar-refractivity contribution >= 4 is 18.3 Å². The zero-order valence-electron chi connectivity index (χ0n) is 12.8. The van der Waals surface area contributed by atoms with Gasteiger partial charge in [0.25, 0.3) is 5.91 Å². The van der Waals surface area contributed by atoms with Gasteiger partial charge in [0.15, 0.2) is 11.5 Å². The molecule has 3 N–H and O–H groups in total. The Labute approximate surface area is 136 Å². The number of methoxy groups -OCH3 is 1. The highest BCUT2D eigenvalue weighted by atomic mass is 35.5. The van der Waals surface area contributed by atoms with E-state index < -0.39 is 6.10 Å². The van der Waals surface area contributed by atoms with Crippen molar-refractivity contribution in [3.8, 4) is 11.5 Å². The fraction of sp³-hybridized carbons (Fsp3) is 0.533. The summed E-state index contributed by atoms with van der Waals surface area (Å²) in [5, 5.41) is 15.6. The fourth-order valence-electron chi connectivity index (χ4n) is 2.34. The third-order valence-corrected chi connectivity index (χ3v) is 3.55. The number of aliphatic hydroxyl groups excluding tert-OH is 1. The molecule has 7 heteroatoms. The molecule has 0 aliphatic carbocycles. The molecule has 1 heterocycles. The van der Waals surface area contributed by atoms with Crippen molar-refractivity contribution in [1.82, 2.24) is 10.6 Å². The molecule has 22 heavy (non-hydrogen) atoms. The van der Waals surface area contributed by atoms with E-state index in [0.29, 0.717) is 43.3 Å². The van der Waals surface area contributed by atoms with Gasteiger partial charge < -0.3 is 25.2 Å². The predicted octanol–water partition coefficient (Wildman–Crippen LogP) is 0.826. The number of nitrogens with one attached hydrogen (secondary N) is 2. The van der Waals surface area contributed by atoms with E-state index in [1.807, 2.05) is 6.92 Å². The number of carbonyl (C=O) groups is 1. The van der Waals surface area contributed by atoms with Gasteiger partial charge in [-0.3, -0.25) is 4.79 Å². The molecule has 1 aliphatic rings.